The van der Waals surface area contributed by atoms with Crippen molar-refractivity contribution in [1.29, 1.82) is 0 Å². The highest BCUT2D eigenvalue weighted by atomic mass is 79.9. The topological polar surface area (TPSA) is 26.0 Å². The smallest absolute Gasteiger partial charge is 0.0449 e. The molecule has 0 saturated carbocycles. The Balaban J connectivity index is 2.89. The van der Waals surface area contributed by atoms with Crippen molar-refractivity contribution in [3.8, 4) is 0 Å². The Bertz CT molecular complexity index is 334. The summed E-state index contributed by atoms with van der Waals surface area (Å²) in [7, 11) is 0. The van der Waals surface area contributed by atoms with Crippen molar-refractivity contribution >= 4 is 27.5 Å². The quantitative estimate of drug-likeness (QED) is 0.885. The zero-order chi connectivity index (χ0) is 11.5. The minimum absolute atomic E-state index is 0.128. The van der Waals surface area contributed by atoms with Crippen LogP contribution in [0, 0.1) is 0 Å². The molecule has 0 aliphatic heterocycles. The average Bonchev–Trinajstić information content (AvgIpc) is 2.22. The third-order valence-corrected chi connectivity index (χ3v) is 3.81. The predicted molar refractivity (Wildman–Crippen MR) is 70.4 cm³/mol. The molecule has 3 heteroatoms. The van der Waals surface area contributed by atoms with E-state index in [-0.39, 0.29) is 5.54 Å². The molecule has 0 atom stereocenters. The summed E-state index contributed by atoms with van der Waals surface area (Å²) in [5, 5.41) is 0.793. The molecule has 1 rings (SSSR count). The van der Waals surface area contributed by atoms with Crippen LogP contribution in [-0.2, 0) is 6.42 Å². The number of benzene rings is 1. The number of hydrogen-bond donors (Lipinski definition) is 1. The predicted octanol–water partition coefficient (Wildman–Crippen LogP) is 4.16. The fraction of sp³-hybridized carbons (Fsp3) is 0.500. The lowest BCUT2D eigenvalue weighted by atomic mass is 9.87. The van der Waals surface area contributed by atoms with Crippen LogP contribution in [0.1, 0.15) is 32.3 Å². The molecule has 84 valence electrons. The molecular weight excluding hydrogens is 273 g/mol. The van der Waals surface area contributed by atoms with Crippen LogP contribution >= 0.6 is 27.5 Å². The SMILES string of the molecule is CCC(N)(CC)Cc1ccc(Br)cc1Cl. The summed E-state index contributed by atoms with van der Waals surface area (Å²) >= 11 is 9.56. The molecule has 15 heavy (non-hydrogen) atoms. The third-order valence-electron chi connectivity index (χ3n) is 2.97. The van der Waals surface area contributed by atoms with Crippen LogP contribution in [0.5, 0.6) is 0 Å². The van der Waals surface area contributed by atoms with Crippen LogP contribution in [0.3, 0.4) is 0 Å². The summed E-state index contributed by atoms with van der Waals surface area (Å²) in [4.78, 5) is 0. The van der Waals surface area contributed by atoms with Gasteiger partial charge in [-0.1, -0.05) is 47.4 Å². The number of hydrogen-bond acceptors (Lipinski definition) is 1. The Labute approximate surface area is 105 Å². The normalized spacial score (nSPS) is 11.8. The Morgan fingerprint density at radius 1 is 1.33 bits per heavy atom. The van der Waals surface area contributed by atoms with E-state index in [9.17, 15) is 0 Å². The van der Waals surface area contributed by atoms with Gasteiger partial charge in [0, 0.05) is 15.0 Å². The zero-order valence-electron chi connectivity index (χ0n) is 9.19. The van der Waals surface area contributed by atoms with Gasteiger partial charge in [-0.25, -0.2) is 0 Å². The molecule has 1 aromatic carbocycles. The van der Waals surface area contributed by atoms with Crippen LogP contribution in [0.15, 0.2) is 22.7 Å². The molecule has 0 aromatic heterocycles. The molecule has 0 fully saturated rings. The standard InChI is InChI=1S/C12H17BrClN/c1-3-12(15,4-2)8-9-5-6-10(13)7-11(9)14/h5-7H,3-4,8,15H2,1-2H3. The molecule has 0 aliphatic carbocycles. The van der Waals surface area contributed by atoms with Crippen molar-refractivity contribution in [2.75, 3.05) is 0 Å². The minimum Gasteiger partial charge on any atom is -0.325 e. The van der Waals surface area contributed by atoms with Crippen LogP contribution in [0.2, 0.25) is 5.02 Å². The third kappa shape index (κ3) is 3.47. The highest BCUT2D eigenvalue weighted by molar-refractivity contribution is 9.10. The summed E-state index contributed by atoms with van der Waals surface area (Å²) in [6.45, 7) is 4.24. The van der Waals surface area contributed by atoms with E-state index in [1.54, 1.807) is 0 Å². The van der Waals surface area contributed by atoms with E-state index >= 15 is 0 Å². The minimum atomic E-state index is -0.128. The van der Waals surface area contributed by atoms with E-state index in [4.69, 9.17) is 17.3 Å². The Morgan fingerprint density at radius 3 is 2.40 bits per heavy atom. The maximum atomic E-state index is 6.27. The summed E-state index contributed by atoms with van der Waals surface area (Å²) in [6.07, 6.45) is 2.78. The van der Waals surface area contributed by atoms with Crippen LogP contribution in [-0.4, -0.2) is 5.54 Å². The first-order valence-corrected chi connectivity index (χ1v) is 6.40. The largest absolute Gasteiger partial charge is 0.325 e. The Morgan fingerprint density at radius 2 is 1.93 bits per heavy atom. The van der Waals surface area contributed by atoms with Crippen molar-refractivity contribution in [2.24, 2.45) is 5.73 Å². The number of nitrogens with two attached hydrogens (primary N) is 1. The lowest BCUT2D eigenvalue weighted by Crippen LogP contribution is -2.40. The van der Waals surface area contributed by atoms with Gasteiger partial charge in [-0.3, -0.25) is 0 Å². The Hall–Kier alpha value is -0.0500. The second-order valence-corrected chi connectivity index (χ2v) is 5.30. The van der Waals surface area contributed by atoms with Crippen molar-refractivity contribution in [1.82, 2.24) is 0 Å². The fourth-order valence-electron chi connectivity index (χ4n) is 1.54. The second kappa shape index (κ2) is 5.33. The number of halogens is 2. The van der Waals surface area contributed by atoms with Gasteiger partial charge in [-0.05, 0) is 37.0 Å². The summed E-state index contributed by atoms with van der Waals surface area (Å²) in [5.41, 5.74) is 7.27. The maximum Gasteiger partial charge on any atom is 0.0449 e. The second-order valence-electron chi connectivity index (χ2n) is 3.98. The van der Waals surface area contributed by atoms with Crippen molar-refractivity contribution in [3.63, 3.8) is 0 Å². The summed E-state index contributed by atoms with van der Waals surface area (Å²) in [6, 6.07) is 5.97. The maximum absolute atomic E-state index is 6.27. The first-order chi connectivity index (χ1) is 7.00. The molecule has 0 amide bonds. The van der Waals surface area contributed by atoms with E-state index in [2.05, 4.69) is 29.8 Å². The van der Waals surface area contributed by atoms with Crippen LogP contribution in [0.4, 0.5) is 0 Å². The first-order valence-electron chi connectivity index (χ1n) is 5.23. The lowest BCUT2D eigenvalue weighted by molar-refractivity contribution is 0.393. The monoisotopic (exact) mass is 289 g/mol. The molecule has 0 heterocycles. The number of rotatable bonds is 4. The van der Waals surface area contributed by atoms with Gasteiger partial charge in [0.2, 0.25) is 0 Å². The van der Waals surface area contributed by atoms with Crippen LogP contribution < -0.4 is 5.73 Å². The molecule has 2 N–H and O–H groups in total. The highest BCUT2D eigenvalue weighted by Gasteiger charge is 2.21. The molecule has 0 unspecified atom stereocenters. The van der Waals surface area contributed by atoms with Crippen LogP contribution in [0.25, 0.3) is 0 Å². The summed E-state index contributed by atoms with van der Waals surface area (Å²) in [5.74, 6) is 0. The van der Waals surface area contributed by atoms with Gasteiger partial charge >= 0.3 is 0 Å². The van der Waals surface area contributed by atoms with Gasteiger partial charge in [-0.15, -0.1) is 0 Å². The van der Waals surface area contributed by atoms with Gasteiger partial charge in [0.1, 0.15) is 0 Å². The van der Waals surface area contributed by atoms with E-state index in [0.717, 1.165) is 34.3 Å². The molecule has 1 nitrogen and oxygen atoms in total. The molecule has 1 aromatic rings. The molecule has 0 bridgehead atoms. The molecule has 0 spiro atoms. The lowest BCUT2D eigenvalue weighted by Gasteiger charge is -2.27. The molecule has 0 aliphatic rings. The van der Waals surface area contributed by atoms with Gasteiger partial charge < -0.3 is 5.73 Å². The molecule has 0 radical (unpaired) electrons. The van der Waals surface area contributed by atoms with E-state index in [0.29, 0.717) is 0 Å². The van der Waals surface area contributed by atoms with Gasteiger partial charge in [-0.2, -0.15) is 0 Å². The Kier molecular flexibility index (Phi) is 4.63. The van der Waals surface area contributed by atoms with Gasteiger partial charge in [0.05, 0.1) is 0 Å². The van der Waals surface area contributed by atoms with E-state index < -0.39 is 0 Å². The van der Waals surface area contributed by atoms with Gasteiger partial charge in [0.25, 0.3) is 0 Å². The van der Waals surface area contributed by atoms with E-state index in [1.807, 2.05) is 18.2 Å². The first kappa shape index (κ1) is 13.0. The molecule has 0 saturated heterocycles. The van der Waals surface area contributed by atoms with E-state index in [1.165, 1.54) is 0 Å². The average molecular weight is 291 g/mol. The highest BCUT2D eigenvalue weighted by Crippen LogP contribution is 2.26. The fourth-order valence-corrected chi connectivity index (χ4v) is 2.28. The molecular formula is C12H17BrClN. The summed E-state index contributed by atoms with van der Waals surface area (Å²) < 4.78 is 1.01. The van der Waals surface area contributed by atoms with Crippen molar-refractivity contribution < 1.29 is 0 Å². The van der Waals surface area contributed by atoms with Crippen molar-refractivity contribution in [3.05, 3.63) is 33.3 Å². The van der Waals surface area contributed by atoms with Crippen molar-refractivity contribution in [2.45, 2.75) is 38.6 Å². The van der Waals surface area contributed by atoms with Gasteiger partial charge in [0.15, 0.2) is 0 Å². The zero-order valence-corrected chi connectivity index (χ0v) is 11.5.